The van der Waals surface area contributed by atoms with Crippen molar-refractivity contribution in [2.45, 2.75) is 25.0 Å². The van der Waals surface area contributed by atoms with Crippen molar-refractivity contribution < 1.29 is 8.42 Å². The third-order valence-corrected chi connectivity index (χ3v) is 5.87. The van der Waals surface area contributed by atoms with Crippen LogP contribution in [0.2, 0.25) is 4.47 Å². The molecule has 1 aromatic rings. The number of rotatable bonds is 5. The lowest BCUT2D eigenvalue weighted by atomic mass is 10.3. The van der Waals surface area contributed by atoms with Gasteiger partial charge < -0.3 is 0 Å². The zero-order valence-electron chi connectivity index (χ0n) is 10.0. The van der Waals surface area contributed by atoms with Crippen LogP contribution in [-0.2, 0) is 10.0 Å². The molecule has 0 atom stereocenters. The zero-order chi connectivity index (χ0) is 13.2. The number of hydrogen-bond donors (Lipinski definition) is 0. The number of sulfonamides is 1. The van der Waals surface area contributed by atoms with Crippen LogP contribution in [0.1, 0.15) is 19.5 Å². The Hall–Kier alpha value is -0.430. The molecule has 17 heavy (non-hydrogen) atoms. The van der Waals surface area contributed by atoms with Gasteiger partial charge in [0.05, 0.1) is 5.69 Å². The lowest BCUT2D eigenvalue weighted by Crippen LogP contribution is -2.32. The molecule has 1 heterocycles. The summed E-state index contributed by atoms with van der Waals surface area (Å²) < 4.78 is 26.5. The average Bonchev–Trinajstić information content (AvgIpc) is 2.54. The number of thiazole rings is 1. The van der Waals surface area contributed by atoms with Crippen LogP contribution in [0.3, 0.4) is 0 Å². The van der Waals surface area contributed by atoms with Crippen LogP contribution in [0.5, 0.6) is 0 Å². The first-order valence-corrected chi connectivity index (χ1v) is 7.70. The molecule has 96 valence electrons. The van der Waals surface area contributed by atoms with Gasteiger partial charge in [-0.3, -0.25) is 0 Å². The summed E-state index contributed by atoms with van der Waals surface area (Å²) in [6.45, 7) is 9.67. The van der Waals surface area contributed by atoms with E-state index in [1.165, 1.54) is 4.31 Å². The third kappa shape index (κ3) is 3.28. The highest BCUT2D eigenvalue weighted by molar-refractivity contribution is 7.91. The Balaban J connectivity index is 3.17. The first-order valence-electron chi connectivity index (χ1n) is 5.06. The standard InChI is InChI=1S/C10H15ClN2O2S2/c1-5-13(6-7(2)3)17(14,15)9-8(4)12-10(11)16-9/h2,5-6H2,1,3-4H3. The van der Waals surface area contributed by atoms with Crippen LogP contribution >= 0.6 is 22.9 Å². The van der Waals surface area contributed by atoms with Gasteiger partial charge in [0, 0.05) is 13.1 Å². The van der Waals surface area contributed by atoms with Gasteiger partial charge in [-0.15, -0.1) is 0 Å². The molecule has 0 radical (unpaired) electrons. The Bertz CT molecular complexity index is 522. The topological polar surface area (TPSA) is 50.3 Å². The monoisotopic (exact) mass is 294 g/mol. The number of aromatic nitrogens is 1. The summed E-state index contributed by atoms with van der Waals surface area (Å²) >= 11 is 6.72. The van der Waals surface area contributed by atoms with E-state index in [1.807, 2.05) is 0 Å². The molecule has 0 fully saturated rings. The second kappa shape index (κ2) is 5.48. The molecule has 0 unspecified atom stereocenters. The molecule has 4 nitrogen and oxygen atoms in total. The largest absolute Gasteiger partial charge is 0.254 e. The fourth-order valence-corrected chi connectivity index (χ4v) is 4.76. The van der Waals surface area contributed by atoms with Crippen molar-refractivity contribution in [2.24, 2.45) is 0 Å². The minimum absolute atomic E-state index is 0.214. The maximum Gasteiger partial charge on any atom is 0.254 e. The molecule has 1 rings (SSSR count). The molecule has 0 aliphatic heterocycles. The molecular weight excluding hydrogens is 280 g/mol. The molecule has 0 saturated carbocycles. The summed E-state index contributed by atoms with van der Waals surface area (Å²) in [6.07, 6.45) is 0. The van der Waals surface area contributed by atoms with E-state index in [4.69, 9.17) is 11.6 Å². The van der Waals surface area contributed by atoms with Crippen molar-refractivity contribution in [1.29, 1.82) is 0 Å². The number of hydrogen-bond acceptors (Lipinski definition) is 4. The van der Waals surface area contributed by atoms with Gasteiger partial charge in [-0.1, -0.05) is 42.0 Å². The van der Waals surface area contributed by atoms with Crippen molar-refractivity contribution in [3.05, 3.63) is 22.3 Å². The van der Waals surface area contributed by atoms with Gasteiger partial charge in [0.15, 0.2) is 8.68 Å². The zero-order valence-corrected chi connectivity index (χ0v) is 12.4. The Morgan fingerprint density at radius 1 is 1.59 bits per heavy atom. The van der Waals surface area contributed by atoms with Crippen molar-refractivity contribution in [3.63, 3.8) is 0 Å². The van der Waals surface area contributed by atoms with Crippen molar-refractivity contribution in [3.8, 4) is 0 Å². The van der Waals surface area contributed by atoms with Gasteiger partial charge in [-0.25, -0.2) is 13.4 Å². The Morgan fingerprint density at radius 3 is 2.53 bits per heavy atom. The first-order chi connectivity index (χ1) is 7.78. The minimum Gasteiger partial charge on any atom is -0.229 e. The summed E-state index contributed by atoms with van der Waals surface area (Å²) in [5.41, 5.74) is 1.24. The Morgan fingerprint density at radius 2 is 2.18 bits per heavy atom. The van der Waals surface area contributed by atoms with Crippen LogP contribution in [-0.4, -0.2) is 30.8 Å². The maximum absolute atomic E-state index is 12.3. The molecule has 0 aromatic carbocycles. The third-order valence-electron chi connectivity index (χ3n) is 2.10. The summed E-state index contributed by atoms with van der Waals surface area (Å²) in [6, 6.07) is 0. The second-order valence-electron chi connectivity index (χ2n) is 3.73. The van der Waals surface area contributed by atoms with Crippen molar-refractivity contribution >= 4 is 33.0 Å². The van der Waals surface area contributed by atoms with E-state index < -0.39 is 10.0 Å². The maximum atomic E-state index is 12.3. The fraction of sp³-hybridized carbons (Fsp3) is 0.500. The van der Waals surface area contributed by atoms with Crippen LogP contribution in [0.25, 0.3) is 0 Å². The van der Waals surface area contributed by atoms with Gasteiger partial charge in [0.2, 0.25) is 0 Å². The van der Waals surface area contributed by atoms with Crippen molar-refractivity contribution in [1.82, 2.24) is 9.29 Å². The highest BCUT2D eigenvalue weighted by atomic mass is 35.5. The normalized spacial score (nSPS) is 12.1. The first kappa shape index (κ1) is 14.6. The molecule has 0 amide bonds. The minimum atomic E-state index is -3.51. The van der Waals surface area contributed by atoms with E-state index >= 15 is 0 Å². The molecular formula is C10H15ClN2O2S2. The summed E-state index contributed by atoms with van der Waals surface area (Å²) in [7, 11) is -3.51. The Kier molecular flexibility index (Phi) is 4.71. The molecule has 0 spiro atoms. The molecule has 7 heteroatoms. The molecule has 0 saturated heterocycles. The molecule has 0 bridgehead atoms. The number of likely N-dealkylation sites (N-methyl/N-ethyl adjacent to an activating group) is 1. The highest BCUT2D eigenvalue weighted by Crippen LogP contribution is 2.29. The van der Waals surface area contributed by atoms with E-state index in [0.29, 0.717) is 18.8 Å². The SMILES string of the molecule is C=C(C)CN(CC)S(=O)(=O)c1sc(Cl)nc1C. The average molecular weight is 295 g/mol. The molecule has 0 aliphatic rings. The number of halogens is 1. The van der Waals surface area contributed by atoms with E-state index in [-0.39, 0.29) is 8.68 Å². The van der Waals surface area contributed by atoms with Gasteiger partial charge in [-0.2, -0.15) is 4.31 Å². The van der Waals surface area contributed by atoms with Crippen LogP contribution in [0, 0.1) is 6.92 Å². The van der Waals surface area contributed by atoms with Gasteiger partial charge in [-0.05, 0) is 13.8 Å². The van der Waals surface area contributed by atoms with Crippen LogP contribution in [0.15, 0.2) is 16.4 Å². The van der Waals surface area contributed by atoms with Gasteiger partial charge in [0.25, 0.3) is 10.0 Å². The lowest BCUT2D eigenvalue weighted by molar-refractivity contribution is 0.454. The van der Waals surface area contributed by atoms with Crippen molar-refractivity contribution in [2.75, 3.05) is 13.1 Å². The highest BCUT2D eigenvalue weighted by Gasteiger charge is 2.27. The molecule has 0 N–H and O–H groups in total. The van der Waals surface area contributed by atoms with E-state index in [2.05, 4.69) is 11.6 Å². The smallest absolute Gasteiger partial charge is 0.229 e. The van der Waals surface area contributed by atoms with E-state index in [0.717, 1.165) is 16.9 Å². The van der Waals surface area contributed by atoms with E-state index in [9.17, 15) is 8.42 Å². The fourth-order valence-electron chi connectivity index (χ4n) is 1.38. The lowest BCUT2D eigenvalue weighted by Gasteiger charge is -2.19. The summed E-state index contributed by atoms with van der Waals surface area (Å²) in [4.78, 5) is 3.93. The van der Waals surface area contributed by atoms with Gasteiger partial charge >= 0.3 is 0 Å². The quantitative estimate of drug-likeness (QED) is 0.785. The van der Waals surface area contributed by atoms with Crippen LogP contribution < -0.4 is 0 Å². The van der Waals surface area contributed by atoms with E-state index in [1.54, 1.807) is 20.8 Å². The molecule has 1 aromatic heterocycles. The predicted octanol–water partition coefficient (Wildman–Crippen LogP) is 2.69. The number of aryl methyl sites for hydroxylation is 1. The van der Waals surface area contributed by atoms with Crippen LogP contribution in [0.4, 0.5) is 0 Å². The van der Waals surface area contributed by atoms with Gasteiger partial charge in [0.1, 0.15) is 0 Å². The summed E-state index contributed by atoms with van der Waals surface area (Å²) in [5.74, 6) is 0. The predicted molar refractivity (Wildman–Crippen MR) is 71.1 cm³/mol. The number of nitrogens with zero attached hydrogens (tertiary/aromatic N) is 2. The molecule has 0 aliphatic carbocycles. The summed E-state index contributed by atoms with van der Waals surface area (Å²) in [5, 5.41) is 0. The second-order valence-corrected chi connectivity index (χ2v) is 7.44. The Labute approximate surface area is 111 Å².